The predicted octanol–water partition coefficient (Wildman–Crippen LogP) is 0.389. The van der Waals surface area contributed by atoms with Crippen LogP contribution in [0.15, 0.2) is 6.20 Å². The molecule has 0 saturated carbocycles. The zero-order valence-electron chi connectivity index (χ0n) is 5.48. The van der Waals surface area contributed by atoms with Crippen LogP contribution in [0.4, 0.5) is 5.82 Å². The summed E-state index contributed by atoms with van der Waals surface area (Å²) in [5.41, 5.74) is 0.537. The first-order valence-corrected chi connectivity index (χ1v) is 3.08. The molecule has 1 aliphatic rings. The second-order valence-electron chi connectivity index (χ2n) is 2.25. The number of hydrogen-bond acceptors (Lipinski definition) is 4. The van der Waals surface area contributed by atoms with Gasteiger partial charge >= 0.3 is 5.82 Å². The molecule has 1 aromatic heterocycles. The first-order valence-electron chi connectivity index (χ1n) is 3.08. The number of H-pyrrole nitrogens is 1. The summed E-state index contributed by atoms with van der Waals surface area (Å²) < 4.78 is 4.88. The van der Waals surface area contributed by atoms with Gasteiger partial charge < -0.3 is 14.9 Å². The minimum atomic E-state index is -0.496. The van der Waals surface area contributed by atoms with Gasteiger partial charge in [-0.05, 0) is 4.92 Å². The van der Waals surface area contributed by atoms with Crippen LogP contribution in [0.5, 0.6) is 0 Å². The van der Waals surface area contributed by atoms with Crippen LogP contribution in [-0.4, -0.2) is 21.7 Å². The summed E-state index contributed by atoms with van der Waals surface area (Å²) in [7, 11) is 0. The maximum absolute atomic E-state index is 10.3. The van der Waals surface area contributed by atoms with Crippen molar-refractivity contribution in [3.8, 4) is 0 Å². The minimum Gasteiger partial charge on any atom is -0.368 e. The van der Waals surface area contributed by atoms with E-state index < -0.39 is 4.92 Å². The van der Waals surface area contributed by atoms with Gasteiger partial charge in [-0.1, -0.05) is 5.10 Å². The molecule has 6 nitrogen and oxygen atoms in total. The van der Waals surface area contributed by atoms with Gasteiger partial charge in [-0.2, -0.15) is 0 Å². The van der Waals surface area contributed by atoms with E-state index in [4.69, 9.17) is 4.74 Å². The van der Waals surface area contributed by atoms with Gasteiger partial charge in [0, 0.05) is 0 Å². The molecule has 2 heterocycles. The van der Waals surface area contributed by atoms with Crippen molar-refractivity contribution in [2.24, 2.45) is 0 Å². The van der Waals surface area contributed by atoms with Gasteiger partial charge in [0.2, 0.25) is 0 Å². The fraction of sp³-hybridized carbons (Fsp3) is 0.400. The SMILES string of the molecule is O=[N+]([O-])c1[nH]ncc1C1CO1. The van der Waals surface area contributed by atoms with Gasteiger partial charge in [0.1, 0.15) is 11.7 Å². The summed E-state index contributed by atoms with van der Waals surface area (Å²) >= 11 is 0. The van der Waals surface area contributed by atoms with Crippen LogP contribution in [0, 0.1) is 10.1 Å². The Labute approximate surface area is 61.3 Å². The van der Waals surface area contributed by atoms with Gasteiger partial charge in [-0.15, -0.1) is 5.10 Å². The van der Waals surface area contributed by atoms with E-state index in [-0.39, 0.29) is 11.9 Å². The average molecular weight is 155 g/mol. The second-order valence-corrected chi connectivity index (χ2v) is 2.25. The Bertz CT molecular complexity index is 291. The quantitative estimate of drug-likeness (QED) is 0.380. The lowest BCUT2D eigenvalue weighted by atomic mass is 10.2. The first-order chi connectivity index (χ1) is 5.29. The van der Waals surface area contributed by atoms with Crippen LogP contribution < -0.4 is 0 Å². The third-order valence-electron chi connectivity index (χ3n) is 1.51. The molecule has 58 valence electrons. The Balaban J connectivity index is 2.37. The van der Waals surface area contributed by atoms with E-state index in [0.29, 0.717) is 12.2 Å². The number of nitrogens with zero attached hydrogens (tertiary/aromatic N) is 2. The summed E-state index contributed by atoms with van der Waals surface area (Å²) in [4.78, 5) is 9.80. The van der Waals surface area contributed by atoms with Gasteiger partial charge in [-0.3, -0.25) is 0 Å². The van der Waals surface area contributed by atoms with Crippen molar-refractivity contribution < 1.29 is 9.66 Å². The number of nitrogens with one attached hydrogen (secondary N) is 1. The number of epoxide rings is 1. The maximum Gasteiger partial charge on any atom is 0.348 e. The number of aromatic amines is 1. The molecule has 1 saturated heterocycles. The van der Waals surface area contributed by atoms with Gasteiger partial charge in [0.25, 0.3) is 0 Å². The minimum absolute atomic E-state index is 0.0625. The molecule has 1 atom stereocenters. The smallest absolute Gasteiger partial charge is 0.348 e. The highest BCUT2D eigenvalue weighted by molar-refractivity contribution is 5.33. The molecule has 1 aromatic rings. The maximum atomic E-state index is 10.3. The monoisotopic (exact) mass is 155 g/mol. The molecular weight excluding hydrogens is 150 g/mol. The van der Waals surface area contributed by atoms with Crippen LogP contribution >= 0.6 is 0 Å². The number of hydrogen-bond donors (Lipinski definition) is 1. The molecule has 0 amide bonds. The molecule has 6 heteroatoms. The number of aromatic nitrogens is 2. The van der Waals surface area contributed by atoms with Crippen molar-refractivity contribution in [2.45, 2.75) is 6.10 Å². The lowest BCUT2D eigenvalue weighted by Crippen LogP contribution is -1.91. The zero-order chi connectivity index (χ0) is 7.84. The van der Waals surface area contributed by atoms with E-state index in [1.807, 2.05) is 0 Å². The highest BCUT2D eigenvalue weighted by Crippen LogP contribution is 2.34. The summed E-state index contributed by atoms with van der Waals surface area (Å²) in [5, 5.41) is 16.1. The van der Waals surface area contributed by atoms with E-state index in [9.17, 15) is 10.1 Å². The third-order valence-corrected chi connectivity index (χ3v) is 1.51. The summed E-state index contributed by atoms with van der Waals surface area (Å²) in [6.45, 7) is 0.556. The van der Waals surface area contributed by atoms with Gasteiger partial charge in [0.05, 0.1) is 12.8 Å². The van der Waals surface area contributed by atoms with Crippen molar-refractivity contribution in [3.63, 3.8) is 0 Å². The van der Waals surface area contributed by atoms with E-state index in [1.165, 1.54) is 6.20 Å². The topological polar surface area (TPSA) is 84.3 Å². The number of rotatable bonds is 2. The molecule has 1 N–H and O–H groups in total. The third kappa shape index (κ3) is 0.966. The normalized spacial score (nSPS) is 21.6. The molecule has 0 aliphatic carbocycles. The largest absolute Gasteiger partial charge is 0.368 e. The second kappa shape index (κ2) is 2.03. The van der Waals surface area contributed by atoms with Gasteiger partial charge in [-0.25, -0.2) is 0 Å². The Morgan fingerprint density at radius 1 is 1.91 bits per heavy atom. The fourth-order valence-corrected chi connectivity index (χ4v) is 0.898. The van der Waals surface area contributed by atoms with Gasteiger partial charge in [0.15, 0.2) is 0 Å². The van der Waals surface area contributed by atoms with Crippen LogP contribution in [0.3, 0.4) is 0 Å². The van der Waals surface area contributed by atoms with Crippen molar-refractivity contribution in [2.75, 3.05) is 6.61 Å². The Kier molecular flexibility index (Phi) is 1.16. The fourth-order valence-electron chi connectivity index (χ4n) is 0.898. The van der Waals surface area contributed by atoms with Crippen LogP contribution in [-0.2, 0) is 4.74 Å². The molecule has 0 bridgehead atoms. The van der Waals surface area contributed by atoms with E-state index >= 15 is 0 Å². The van der Waals surface area contributed by atoms with Crippen molar-refractivity contribution in [1.82, 2.24) is 10.2 Å². The summed E-state index contributed by atoms with van der Waals surface area (Å²) in [5.74, 6) is -0.0625. The highest BCUT2D eigenvalue weighted by atomic mass is 16.6. The molecule has 1 unspecified atom stereocenters. The van der Waals surface area contributed by atoms with E-state index in [1.54, 1.807) is 0 Å². The Morgan fingerprint density at radius 2 is 2.64 bits per heavy atom. The lowest BCUT2D eigenvalue weighted by Gasteiger charge is -1.90. The van der Waals surface area contributed by atoms with Crippen molar-refractivity contribution >= 4 is 5.82 Å². The van der Waals surface area contributed by atoms with Crippen LogP contribution in [0.25, 0.3) is 0 Å². The Morgan fingerprint density at radius 3 is 3.18 bits per heavy atom. The van der Waals surface area contributed by atoms with E-state index in [0.717, 1.165) is 0 Å². The van der Waals surface area contributed by atoms with Crippen LogP contribution in [0.1, 0.15) is 11.7 Å². The zero-order valence-corrected chi connectivity index (χ0v) is 5.48. The Hall–Kier alpha value is -1.43. The molecule has 0 aromatic carbocycles. The molecule has 2 rings (SSSR count). The molecular formula is C5H5N3O3. The molecule has 1 fully saturated rings. The summed E-state index contributed by atoms with van der Waals surface area (Å²) in [6.07, 6.45) is 1.31. The highest BCUT2D eigenvalue weighted by Gasteiger charge is 2.33. The van der Waals surface area contributed by atoms with Crippen LogP contribution in [0.2, 0.25) is 0 Å². The molecule has 0 spiro atoms. The standard InChI is InChI=1S/C5H5N3O3/c9-8(10)5-3(1-6-7-5)4-2-11-4/h1,4H,2H2,(H,6,7). The van der Waals surface area contributed by atoms with Crippen molar-refractivity contribution in [3.05, 3.63) is 21.9 Å². The number of ether oxygens (including phenoxy) is 1. The molecule has 0 radical (unpaired) electrons. The van der Waals surface area contributed by atoms with Crippen molar-refractivity contribution in [1.29, 1.82) is 0 Å². The lowest BCUT2D eigenvalue weighted by molar-refractivity contribution is -0.390. The van der Waals surface area contributed by atoms with E-state index in [2.05, 4.69) is 10.2 Å². The average Bonchev–Trinajstić information content (AvgIpc) is 2.68. The first kappa shape index (κ1) is 6.29. The molecule has 1 aliphatic heterocycles. The summed E-state index contributed by atoms with van der Waals surface area (Å²) in [6, 6.07) is 0. The molecule has 11 heavy (non-hydrogen) atoms. The number of nitro groups is 1. The predicted molar refractivity (Wildman–Crippen MR) is 33.9 cm³/mol.